The van der Waals surface area contributed by atoms with Crippen LogP contribution in [0.4, 0.5) is 32.1 Å². The summed E-state index contributed by atoms with van der Waals surface area (Å²) in [5.41, 5.74) is 7.35. The molecule has 150 valence electrons. The van der Waals surface area contributed by atoms with Crippen molar-refractivity contribution in [1.82, 2.24) is 9.97 Å². The number of nitrogen functional groups attached to an aromatic ring is 1. The van der Waals surface area contributed by atoms with Gasteiger partial charge in [0.15, 0.2) is 11.6 Å². The number of benzene rings is 1. The minimum absolute atomic E-state index is 0.0907. The van der Waals surface area contributed by atoms with Crippen LogP contribution in [0.15, 0.2) is 24.3 Å². The summed E-state index contributed by atoms with van der Waals surface area (Å²) in [6.45, 7) is 1.26. The lowest BCUT2D eigenvalue weighted by Crippen LogP contribution is -2.41. The highest BCUT2D eigenvalue weighted by atomic mass is 35.5. The van der Waals surface area contributed by atoms with Crippen molar-refractivity contribution in [2.45, 2.75) is 24.9 Å². The average molecular weight is 411 g/mol. The van der Waals surface area contributed by atoms with Crippen LogP contribution in [0.3, 0.4) is 0 Å². The molecule has 3 heterocycles. The monoisotopic (exact) mass is 410 g/mol. The topological polar surface area (TPSA) is 88.3 Å². The van der Waals surface area contributed by atoms with Crippen LogP contribution in [0.2, 0.25) is 5.02 Å². The molecule has 28 heavy (non-hydrogen) atoms. The van der Waals surface area contributed by atoms with Crippen molar-refractivity contribution >= 4 is 34.9 Å². The van der Waals surface area contributed by atoms with Crippen molar-refractivity contribution in [2.75, 3.05) is 47.6 Å². The largest absolute Gasteiger partial charge is 0.393 e. The zero-order chi connectivity index (χ0) is 19.7. The van der Waals surface area contributed by atoms with E-state index in [0.29, 0.717) is 42.4 Å². The highest BCUT2D eigenvalue weighted by Crippen LogP contribution is 2.36. The van der Waals surface area contributed by atoms with Crippen LogP contribution in [0, 0.1) is 0 Å². The van der Waals surface area contributed by atoms with Crippen LogP contribution in [0.25, 0.3) is 0 Å². The van der Waals surface area contributed by atoms with E-state index in [1.165, 1.54) is 4.90 Å². The van der Waals surface area contributed by atoms with Gasteiger partial charge >= 0.3 is 0 Å². The maximum absolute atomic E-state index is 13.7. The van der Waals surface area contributed by atoms with E-state index in [4.69, 9.17) is 22.1 Å². The molecule has 4 N–H and O–H groups in total. The minimum atomic E-state index is -2.75. The molecule has 2 aromatic rings. The van der Waals surface area contributed by atoms with Gasteiger partial charge in [0, 0.05) is 24.5 Å². The van der Waals surface area contributed by atoms with Gasteiger partial charge in [0.2, 0.25) is 5.95 Å². The summed E-state index contributed by atoms with van der Waals surface area (Å²) in [6, 6.07) is 7.50. The van der Waals surface area contributed by atoms with Crippen LogP contribution >= 0.6 is 11.6 Å². The number of aromatic nitrogens is 2. The summed E-state index contributed by atoms with van der Waals surface area (Å²) in [6.07, 6.45) is -0.224. The first-order valence-electron chi connectivity index (χ1n) is 9.03. The number of rotatable bonds is 6. The summed E-state index contributed by atoms with van der Waals surface area (Å²) >= 11 is 6.20. The number of ether oxygens (including phenoxy) is 1. The standard InChI is InChI=1S/C18H21ClF2N6O/c19-13-4-2-1-3-11(13)7-23-15-14(22)16(27-6-5-18(20,21)10-27)26-17(25-15)24-12-8-28-9-12/h1-4,12H,5-10,22H2,(H2,23,24,25,26). The molecule has 0 bridgehead atoms. The number of nitrogens with two attached hydrogens (primary N) is 1. The first-order chi connectivity index (χ1) is 13.4. The molecule has 0 aliphatic carbocycles. The van der Waals surface area contributed by atoms with Crippen LogP contribution in [0.1, 0.15) is 12.0 Å². The SMILES string of the molecule is Nc1c(NCc2ccccc2Cl)nc(NC2COC2)nc1N1CCC(F)(F)C1. The molecular weight excluding hydrogens is 390 g/mol. The van der Waals surface area contributed by atoms with Gasteiger partial charge in [-0.2, -0.15) is 9.97 Å². The smallest absolute Gasteiger partial charge is 0.266 e. The molecule has 1 aromatic carbocycles. The van der Waals surface area contributed by atoms with E-state index in [9.17, 15) is 8.78 Å². The Hall–Kier alpha value is -2.39. The molecule has 7 nitrogen and oxygen atoms in total. The van der Waals surface area contributed by atoms with Crippen molar-refractivity contribution in [3.63, 3.8) is 0 Å². The highest BCUT2D eigenvalue weighted by molar-refractivity contribution is 6.31. The fraction of sp³-hybridized carbons (Fsp3) is 0.444. The number of alkyl halides is 2. The zero-order valence-electron chi connectivity index (χ0n) is 15.1. The van der Waals surface area contributed by atoms with E-state index in [0.717, 1.165) is 5.56 Å². The normalized spacial score (nSPS) is 18.8. The second-order valence-electron chi connectivity index (χ2n) is 6.98. The van der Waals surface area contributed by atoms with E-state index in [2.05, 4.69) is 20.6 Å². The Morgan fingerprint density at radius 3 is 2.71 bits per heavy atom. The molecule has 2 aliphatic heterocycles. The number of hydrogen-bond acceptors (Lipinski definition) is 7. The first-order valence-corrected chi connectivity index (χ1v) is 9.41. The molecule has 10 heteroatoms. The van der Waals surface area contributed by atoms with E-state index in [1.807, 2.05) is 18.2 Å². The van der Waals surface area contributed by atoms with Crippen LogP contribution in [-0.2, 0) is 11.3 Å². The molecule has 0 saturated carbocycles. The minimum Gasteiger partial charge on any atom is -0.393 e. The zero-order valence-corrected chi connectivity index (χ0v) is 15.8. The Balaban J connectivity index is 1.61. The number of hydrogen-bond donors (Lipinski definition) is 3. The lowest BCUT2D eigenvalue weighted by Gasteiger charge is -2.28. The summed E-state index contributed by atoms with van der Waals surface area (Å²) < 4.78 is 32.6. The molecule has 4 rings (SSSR count). The van der Waals surface area contributed by atoms with Crippen molar-refractivity contribution in [2.24, 2.45) is 0 Å². The molecule has 2 fully saturated rings. The van der Waals surface area contributed by atoms with E-state index in [1.54, 1.807) is 6.07 Å². The Morgan fingerprint density at radius 2 is 2.07 bits per heavy atom. The Labute approximate surface area is 166 Å². The van der Waals surface area contributed by atoms with Gasteiger partial charge in [-0.3, -0.25) is 0 Å². The molecule has 0 radical (unpaired) electrons. The average Bonchev–Trinajstić information content (AvgIpc) is 2.99. The van der Waals surface area contributed by atoms with Gasteiger partial charge < -0.3 is 26.0 Å². The van der Waals surface area contributed by atoms with Gasteiger partial charge in [-0.05, 0) is 11.6 Å². The van der Waals surface area contributed by atoms with Crippen molar-refractivity contribution in [3.05, 3.63) is 34.9 Å². The second-order valence-corrected chi connectivity index (χ2v) is 7.39. The second kappa shape index (κ2) is 7.56. The first kappa shape index (κ1) is 18.9. The fourth-order valence-corrected chi connectivity index (χ4v) is 3.34. The van der Waals surface area contributed by atoms with Crippen molar-refractivity contribution in [3.8, 4) is 0 Å². The van der Waals surface area contributed by atoms with Crippen molar-refractivity contribution in [1.29, 1.82) is 0 Å². The van der Waals surface area contributed by atoms with Gasteiger partial charge in [0.1, 0.15) is 5.69 Å². The number of nitrogens with zero attached hydrogens (tertiary/aromatic N) is 3. The Morgan fingerprint density at radius 1 is 1.29 bits per heavy atom. The lowest BCUT2D eigenvalue weighted by molar-refractivity contribution is 0.0208. The van der Waals surface area contributed by atoms with Gasteiger partial charge in [-0.15, -0.1) is 0 Å². The van der Waals surface area contributed by atoms with E-state index >= 15 is 0 Å². The predicted octanol–water partition coefficient (Wildman–Crippen LogP) is 2.98. The lowest BCUT2D eigenvalue weighted by atomic mass is 10.2. The summed E-state index contributed by atoms with van der Waals surface area (Å²) in [5, 5.41) is 6.93. The summed E-state index contributed by atoms with van der Waals surface area (Å²) in [7, 11) is 0. The van der Waals surface area contributed by atoms with Crippen LogP contribution < -0.4 is 21.3 Å². The third-order valence-corrected chi connectivity index (χ3v) is 5.14. The highest BCUT2D eigenvalue weighted by Gasteiger charge is 2.40. The van der Waals surface area contributed by atoms with Crippen LogP contribution in [-0.4, -0.2) is 48.2 Å². The summed E-state index contributed by atoms with van der Waals surface area (Å²) in [5.74, 6) is -1.74. The van der Waals surface area contributed by atoms with Gasteiger partial charge in [0.05, 0.1) is 25.8 Å². The molecular formula is C18H21ClF2N6O. The van der Waals surface area contributed by atoms with Crippen LogP contribution in [0.5, 0.6) is 0 Å². The van der Waals surface area contributed by atoms with E-state index < -0.39 is 12.5 Å². The van der Waals surface area contributed by atoms with Gasteiger partial charge in [-0.1, -0.05) is 29.8 Å². The molecule has 0 spiro atoms. The molecule has 2 aliphatic rings. The number of anilines is 4. The maximum atomic E-state index is 13.7. The number of halogens is 3. The molecule has 0 atom stereocenters. The maximum Gasteiger partial charge on any atom is 0.266 e. The third kappa shape index (κ3) is 4.05. The fourth-order valence-electron chi connectivity index (χ4n) is 3.14. The Bertz CT molecular complexity index is 864. The van der Waals surface area contributed by atoms with Gasteiger partial charge in [-0.25, -0.2) is 8.78 Å². The predicted molar refractivity (Wildman–Crippen MR) is 105 cm³/mol. The molecule has 2 saturated heterocycles. The van der Waals surface area contributed by atoms with Gasteiger partial charge in [0.25, 0.3) is 5.92 Å². The van der Waals surface area contributed by atoms with Crippen molar-refractivity contribution < 1.29 is 13.5 Å². The third-order valence-electron chi connectivity index (χ3n) is 4.77. The molecule has 0 unspecified atom stereocenters. The number of nitrogens with one attached hydrogen (secondary N) is 2. The Kier molecular flexibility index (Phi) is 5.11. The molecule has 0 amide bonds. The molecule has 1 aromatic heterocycles. The summed E-state index contributed by atoms with van der Waals surface area (Å²) in [4.78, 5) is 10.3. The quantitative estimate of drug-likeness (QED) is 0.674. The van der Waals surface area contributed by atoms with E-state index in [-0.39, 0.29) is 24.7 Å².